The summed E-state index contributed by atoms with van der Waals surface area (Å²) in [6.07, 6.45) is 2.22. The van der Waals surface area contributed by atoms with Crippen LogP contribution in [0.2, 0.25) is 5.02 Å². The zero-order chi connectivity index (χ0) is 19.8. The zero-order valence-corrected chi connectivity index (χ0v) is 16.7. The zero-order valence-electron chi connectivity index (χ0n) is 15.9. The highest BCUT2D eigenvalue weighted by atomic mass is 35.5. The molecule has 0 spiro atoms. The Balaban J connectivity index is 1.79. The van der Waals surface area contributed by atoms with Crippen LogP contribution < -0.4 is 0 Å². The molecule has 1 unspecified atom stereocenters. The molecule has 1 aromatic heterocycles. The molecule has 0 fully saturated rings. The molecule has 0 amide bonds. The van der Waals surface area contributed by atoms with Crippen LogP contribution in [0.3, 0.4) is 0 Å². The third-order valence-electron chi connectivity index (χ3n) is 6.00. The second kappa shape index (κ2) is 7.03. The molecule has 1 atom stereocenters. The molecule has 2 nitrogen and oxygen atoms in total. The van der Waals surface area contributed by atoms with E-state index < -0.39 is 5.41 Å². The van der Waals surface area contributed by atoms with E-state index in [0.717, 1.165) is 46.1 Å². The highest BCUT2D eigenvalue weighted by molar-refractivity contribution is 6.31. The quantitative estimate of drug-likeness (QED) is 0.388. The first kappa shape index (κ1) is 17.9. The number of halogens is 1. The second-order valence-electron chi connectivity index (χ2n) is 7.68. The normalized spacial score (nSPS) is 18.2. The van der Waals surface area contributed by atoms with E-state index in [1.54, 1.807) is 0 Å². The van der Waals surface area contributed by atoms with Gasteiger partial charge < -0.3 is 0 Å². The Bertz CT molecular complexity index is 1240. The smallest absolute Gasteiger partial charge is 0.0867 e. The minimum Gasteiger partial charge on any atom is -0.253 e. The minimum atomic E-state index is -0.536. The molecule has 0 radical (unpaired) electrons. The van der Waals surface area contributed by atoms with Gasteiger partial charge >= 0.3 is 0 Å². The molecule has 3 heteroatoms. The van der Waals surface area contributed by atoms with Gasteiger partial charge in [0.1, 0.15) is 0 Å². The average molecular weight is 395 g/mol. The summed E-state index contributed by atoms with van der Waals surface area (Å²) in [5, 5.41) is 12.0. The van der Waals surface area contributed by atoms with E-state index in [0.29, 0.717) is 11.4 Å². The van der Waals surface area contributed by atoms with E-state index >= 15 is 0 Å². The molecule has 0 saturated heterocycles. The summed E-state index contributed by atoms with van der Waals surface area (Å²) in [6, 6.07) is 29.1. The Labute approximate surface area is 175 Å². The average Bonchev–Trinajstić information content (AvgIpc) is 2.78. The molecule has 0 bridgehead atoms. The lowest BCUT2D eigenvalue weighted by molar-refractivity contribution is 0.468. The number of nitrogens with zero attached hydrogens (tertiary/aromatic N) is 2. The van der Waals surface area contributed by atoms with Crippen molar-refractivity contribution in [3.05, 3.63) is 101 Å². The Morgan fingerprint density at radius 2 is 1.66 bits per heavy atom. The summed E-state index contributed by atoms with van der Waals surface area (Å²) in [5.41, 5.74) is 6.06. The predicted octanol–water partition coefficient (Wildman–Crippen LogP) is 6.51. The molecule has 3 aromatic carbocycles. The second-order valence-corrected chi connectivity index (χ2v) is 8.11. The van der Waals surface area contributed by atoms with Crippen LogP contribution in [0, 0.1) is 11.3 Å². The Kier molecular flexibility index (Phi) is 4.34. The van der Waals surface area contributed by atoms with Crippen LogP contribution in [0.4, 0.5) is 0 Å². The molecule has 5 rings (SSSR count). The van der Waals surface area contributed by atoms with Crippen molar-refractivity contribution < 1.29 is 0 Å². The number of hydrogen-bond donors (Lipinski definition) is 0. The number of nitriles is 1. The number of pyridine rings is 1. The summed E-state index contributed by atoms with van der Waals surface area (Å²) in [6.45, 7) is 0. The third kappa shape index (κ3) is 2.99. The van der Waals surface area contributed by atoms with Crippen molar-refractivity contribution in [2.45, 2.75) is 24.7 Å². The Hall–Kier alpha value is -3.15. The van der Waals surface area contributed by atoms with E-state index in [1.807, 2.05) is 42.5 Å². The van der Waals surface area contributed by atoms with Gasteiger partial charge in [-0.05, 0) is 59.7 Å². The number of aryl methyl sites for hydroxylation is 1. The molecule has 0 saturated carbocycles. The van der Waals surface area contributed by atoms with Crippen LogP contribution in [0.1, 0.15) is 23.2 Å². The summed E-state index contributed by atoms with van der Waals surface area (Å²) >= 11 is 6.36. The molecule has 0 aliphatic heterocycles. The van der Waals surface area contributed by atoms with Gasteiger partial charge in [-0.1, -0.05) is 72.3 Å². The van der Waals surface area contributed by atoms with Crippen LogP contribution in [-0.4, -0.2) is 4.98 Å². The largest absolute Gasteiger partial charge is 0.253 e. The van der Waals surface area contributed by atoms with Gasteiger partial charge in [-0.3, -0.25) is 4.98 Å². The highest BCUT2D eigenvalue weighted by Gasteiger charge is 2.38. The molecule has 29 heavy (non-hydrogen) atoms. The third-order valence-corrected chi connectivity index (χ3v) is 6.24. The van der Waals surface area contributed by atoms with E-state index in [2.05, 4.69) is 42.5 Å². The van der Waals surface area contributed by atoms with Crippen LogP contribution in [0.15, 0.2) is 78.9 Å². The van der Waals surface area contributed by atoms with Gasteiger partial charge in [0.05, 0.1) is 17.0 Å². The number of rotatable bonds is 2. The van der Waals surface area contributed by atoms with Gasteiger partial charge in [0, 0.05) is 16.1 Å². The number of fused-ring (bicyclic) bond motifs is 2. The van der Waals surface area contributed by atoms with Gasteiger partial charge in [0.2, 0.25) is 0 Å². The monoisotopic (exact) mass is 394 g/mol. The fourth-order valence-electron chi connectivity index (χ4n) is 4.54. The first-order chi connectivity index (χ1) is 14.2. The van der Waals surface area contributed by atoms with Gasteiger partial charge in [-0.2, -0.15) is 5.26 Å². The molecule has 1 aliphatic rings. The maximum absolute atomic E-state index is 10.2. The molecular formula is C26H19ClN2. The SMILES string of the molecule is N#CC1(c2ccccc2)CCc2nc3ccc(Cl)cc3c(-c3ccccc3)c2C1. The maximum Gasteiger partial charge on any atom is 0.0867 e. The molecule has 1 heterocycles. The van der Waals surface area contributed by atoms with Gasteiger partial charge in [-0.15, -0.1) is 0 Å². The molecule has 1 aliphatic carbocycles. The number of aromatic nitrogens is 1. The number of benzene rings is 3. The van der Waals surface area contributed by atoms with Gasteiger partial charge in [-0.25, -0.2) is 0 Å². The van der Waals surface area contributed by atoms with Crippen molar-refractivity contribution in [3.63, 3.8) is 0 Å². The first-order valence-corrected chi connectivity index (χ1v) is 10.2. The molecular weight excluding hydrogens is 376 g/mol. The summed E-state index contributed by atoms with van der Waals surface area (Å²) in [4.78, 5) is 4.97. The highest BCUT2D eigenvalue weighted by Crippen LogP contribution is 2.44. The van der Waals surface area contributed by atoms with E-state index in [-0.39, 0.29) is 0 Å². The molecule has 4 aromatic rings. The molecule has 0 N–H and O–H groups in total. The van der Waals surface area contributed by atoms with Crippen molar-refractivity contribution >= 4 is 22.5 Å². The first-order valence-electron chi connectivity index (χ1n) is 9.83. The standard InChI is InChI=1S/C26H19ClN2/c27-20-11-12-23-21(15-20)25(18-7-3-1-4-8-18)22-16-26(17-28,14-13-24(22)29-23)19-9-5-2-6-10-19/h1-12,15H,13-14,16H2. The van der Waals surface area contributed by atoms with Crippen molar-refractivity contribution in [1.29, 1.82) is 5.26 Å². The van der Waals surface area contributed by atoms with Crippen molar-refractivity contribution in [2.24, 2.45) is 0 Å². The lowest BCUT2D eigenvalue weighted by atomic mass is 9.68. The predicted molar refractivity (Wildman–Crippen MR) is 118 cm³/mol. The van der Waals surface area contributed by atoms with E-state index in [4.69, 9.17) is 16.6 Å². The summed E-state index contributed by atoms with van der Waals surface area (Å²) in [7, 11) is 0. The van der Waals surface area contributed by atoms with E-state index in [1.165, 1.54) is 5.56 Å². The van der Waals surface area contributed by atoms with Gasteiger partial charge in [0.15, 0.2) is 0 Å². The van der Waals surface area contributed by atoms with Crippen molar-refractivity contribution in [1.82, 2.24) is 4.98 Å². The number of hydrogen-bond acceptors (Lipinski definition) is 2. The Morgan fingerprint density at radius 3 is 2.38 bits per heavy atom. The van der Waals surface area contributed by atoms with Crippen LogP contribution in [-0.2, 0) is 18.3 Å². The van der Waals surface area contributed by atoms with E-state index in [9.17, 15) is 5.26 Å². The topological polar surface area (TPSA) is 36.7 Å². The summed E-state index contributed by atoms with van der Waals surface area (Å²) in [5.74, 6) is 0. The van der Waals surface area contributed by atoms with Crippen molar-refractivity contribution in [3.8, 4) is 17.2 Å². The minimum absolute atomic E-state index is 0.536. The molecule has 140 valence electrons. The lowest BCUT2D eigenvalue weighted by Gasteiger charge is -2.34. The van der Waals surface area contributed by atoms with Crippen LogP contribution in [0.5, 0.6) is 0 Å². The Morgan fingerprint density at radius 1 is 0.931 bits per heavy atom. The fraction of sp³-hybridized carbons (Fsp3) is 0.154. The van der Waals surface area contributed by atoms with Crippen LogP contribution in [0.25, 0.3) is 22.0 Å². The van der Waals surface area contributed by atoms with Crippen LogP contribution >= 0.6 is 11.6 Å². The van der Waals surface area contributed by atoms with Crippen molar-refractivity contribution in [2.75, 3.05) is 0 Å². The fourth-order valence-corrected chi connectivity index (χ4v) is 4.72. The lowest BCUT2D eigenvalue weighted by Crippen LogP contribution is -2.32. The summed E-state index contributed by atoms with van der Waals surface area (Å²) < 4.78 is 0. The van der Waals surface area contributed by atoms with Gasteiger partial charge in [0.25, 0.3) is 0 Å². The maximum atomic E-state index is 10.2.